The van der Waals surface area contributed by atoms with E-state index in [0.717, 1.165) is 11.4 Å². The van der Waals surface area contributed by atoms with E-state index in [9.17, 15) is 9.18 Å². The summed E-state index contributed by atoms with van der Waals surface area (Å²) in [6, 6.07) is 2.63. The monoisotopic (exact) mass is 372 g/mol. The van der Waals surface area contributed by atoms with Crippen LogP contribution in [0.5, 0.6) is 0 Å². The van der Waals surface area contributed by atoms with E-state index >= 15 is 0 Å². The molecule has 2 rings (SSSR count). The van der Waals surface area contributed by atoms with Crippen molar-refractivity contribution in [2.24, 2.45) is 0 Å². The second-order valence-electron chi connectivity index (χ2n) is 4.48. The molecule has 0 saturated carbocycles. The smallest absolute Gasteiger partial charge is 0.336 e. The van der Waals surface area contributed by atoms with Gasteiger partial charge in [-0.05, 0) is 41.4 Å². The topological polar surface area (TPSA) is 62.2 Å². The molecule has 2 N–H and O–H groups in total. The van der Waals surface area contributed by atoms with Gasteiger partial charge in [-0.15, -0.1) is 11.3 Å². The number of nitrogens with one attached hydrogen (secondary N) is 1. The van der Waals surface area contributed by atoms with Crippen molar-refractivity contribution in [3.05, 3.63) is 44.1 Å². The van der Waals surface area contributed by atoms with Crippen LogP contribution in [0.3, 0.4) is 0 Å². The molecule has 0 spiro atoms. The molecule has 1 aromatic carbocycles. The van der Waals surface area contributed by atoms with E-state index in [1.165, 1.54) is 17.0 Å². The van der Waals surface area contributed by atoms with E-state index in [0.29, 0.717) is 0 Å². The number of nitrogens with zero attached hydrogens (tertiary/aromatic N) is 1. The predicted octanol–water partition coefficient (Wildman–Crippen LogP) is 4.48. The van der Waals surface area contributed by atoms with Crippen molar-refractivity contribution in [3.63, 3.8) is 0 Å². The second kappa shape index (κ2) is 6.53. The van der Waals surface area contributed by atoms with Crippen LogP contribution in [0.1, 0.15) is 40.1 Å². The van der Waals surface area contributed by atoms with Crippen molar-refractivity contribution in [3.8, 4) is 0 Å². The van der Waals surface area contributed by atoms with Gasteiger partial charge in [0.2, 0.25) is 0 Å². The van der Waals surface area contributed by atoms with Crippen LogP contribution in [0.25, 0.3) is 0 Å². The van der Waals surface area contributed by atoms with Gasteiger partial charge in [0, 0.05) is 11.1 Å². The molecule has 0 aliphatic heterocycles. The highest BCUT2D eigenvalue weighted by Crippen LogP contribution is 2.30. The highest BCUT2D eigenvalue weighted by atomic mass is 79.9. The number of aromatic nitrogens is 1. The number of carboxylic acid groups (broad SMARTS) is 1. The summed E-state index contributed by atoms with van der Waals surface area (Å²) < 4.78 is 14.1. The van der Waals surface area contributed by atoms with Crippen molar-refractivity contribution in [2.45, 2.75) is 26.3 Å². The standard InChI is InChI=1S/C14H14BrFN2O2S/c1-3-8-6-17-13(21-8)7(2)18-10-5-4-9(14(19)20)11(15)12(10)16/h4-7,18H,3H2,1-2H3,(H,19,20). The van der Waals surface area contributed by atoms with Crippen molar-refractivity contribution in [1.29, 1.82) is 0 Å². The Bertz CT molecular complexity index is 675. The minimum Gasteiger partial charge on any atom is -0.478 e. The number of hydrogen-bond acceptors (Lipinski definition) is 4. The summed E-state index contributed by atoms with van der Waals surface area (Å²) >= 11 is 4.56. The number of halogens is 2. The quantitative estimate of drug-likeness (QED) is 0.811. The van der Waals surface area contributed by atoms with E-state index in [1.807, 2.05) is 13.1 Å². The van der Waals surface area contributed by atoms with Gasteiger partial charge in [-0.1, -0.05) is 6.92 Å². The summed E-state index contributed by atoms with van der Waals surface area (Å²) in [7, 11) is 0. The predicted molar refractivity (Wildman–Crippen MR) is 84.6 cm³/mol. The van der Waals surface area contributed by atoms with Gasteiger partial charge in [0.1, 0.15) is 5.01 Å². The Balaban J connectivity index is 2.23. The summed E-state index contributed by atoms with van der Waals surface area (Å²) in [5.74, 6) is -1.79. The van der Waals surface area contributed by atoms with E-state index in [2.05, 4.69) is 33.2 Å². The van der Waals surface area contributed by atoms with Gasteiger partial charge in [-0.3, -0.25) is 0 Å². The number of aryl methyl sites for hydroxylation is 1. The molecular formula is C14H14BrFN2O2S. The van der Waals surface area contributed by atoms with Crippen molar-refractivity contribution < 1.29 is 14.3 Å². The molecule has 1 atom stereocenters. The molecule has 1 aromatic heterocycles. The number of carbonyl (C=O) groups is 1. The average Bonchev–Trinajstić information content (AvgIpc) is 2.92. The SMILES string of the molecule is CCc1cnc(C(C)Nc2ccc(C(=O)O)c(Br)c2F)s1. The van der Waals surface area contributed by atoms with Gasteiger partial charge in [-0.25, -0.2) is 14.2 Å². The van der Waals surface area contributed by atoms with E-state index in [-0.39, 0.29) is 21.8 Å². The van der Waals surface area contributed by atoms with Crippen LogP contribution in [0.2, 0.25) is 0 Å². The first-order valence-electron chi connectivity index (χ1n) is 6.36. The van der Waals surface area contributed by atoms with Gasteiger partial charge in [0.25, 0.3) is 0 Å². The molecule has 7 heteroatoms. The molecule has 0 amide bonds. The number of hydrogen-bond donors (Lipinski definition) is 2. The first-order valence-corrected chi connectivity index (χ1v) is 7.97. The molecular weight excluding hydrogens is 359 g/mol. The summed E-state index contributed by atoms with van der Waals surface area (Å²) in [5.41, 5.74) is 0.140. The fraction of sp³-hybridized carbons (Fsp3) is 0.286. The van der Waals surface area contributed by atoms with Crippen LogP contribution in [0.15, 0.2) is 22.8 Å². The lowest BCUT2D eigenvalue weighted by Gasteiger charge is -2.14. The number of anilines is 1. The minimum absolute atomic E-state index is 0.0550. The zero-order chi connectivity index (χ0) is 15.6. The maximum Gasteiger partial charge on any atom is 0.336 e. The fourth-order valence-electron chi connectivity index (χ4n) is 1.81. The van der Waals surface area contributed by atoms with Gasteiger partial charge in [0.15, 0.2) is 5.82 Å². The Labute approximate surface area is 134 Å². The number of benzene rings is 1. The van der Waals surface area contributed by atoms with Gasteiger partial charge < -0.3 is 10.4 Å². The number of carboxylic acids is 1. The van der Waals surface area contributed by atoms with Gasteiger partial charge >= 0.3 is 5.97 Å². The van der Waals surface area contributed by atoms with Gasteiger partial charge in [0.05, 0.1) is 21.8 Å². The normalized spacial score (nSPS) is 12.2. The second-order valence-corrected chi connectivity index (χ2v) is 6.42. The Morgan fingerprint density at radius 1 is 1.57 bits per heavy atom. The van der Waals surface area contributed by atoms with Crippen LogP contribution < -0.4 is 5.32 Å². The highest BCUT2D eigenvalue weighted by Gasteiger charge is 2.18. The van der Waals surface area contributed by atoms with Crippen molar-refractivity contribution in [1.82, 2.24) is 4.98 Å². The van der Waals surface area contributed by atoms with Crippen LogP contribution in [-0.4, -0.2) is 16.1 Å². The number of thiazole rings is 1. The maximum atomic E-state index is 14.2. The lowest BCUT2D eigenvalue weighted by Crippen LogP contribution is -2.09. The molecule has 0 bridgehead atoms. The van der Waals surface area contributed by atoms with Crippen LogP contribution in [-0.2, 0) is 6.42 Å². The summed E-state index contributed by atoms with van der Waals surface area (Å²) in [6.07, 6.45) is 2.73. The van der Waals surface area contributed by atoms with E-state index in [1.54, 1.807) is 11.3 Å². The summed E-state index contributed by atoms with van der Waals surface area (Å²) in [5, 5.41) is 12.8. The number of rotatable bonds is 5. The fourth-order valence-corrected chi connectivity index (χ4v) is 3.18. The molecule has 4 nitrogen and oxygen atoms in total. The van der Waals surface area contributed by atoms with Crippen molar-refractivity contribution >= 4 is 38.9 Å². The Hall–Kier alpha value is -1.47. The third-order valence-corrected chi connectivity index (χ3v) is 5.07. The first kappa shape index (κ1) is 15.9. The van der Waals surface area contributed by atoms with Gasteiger partial charge in [-0.2, -0.15) is 0 Å². The molecule has 112 valence electrons. The maximum absolute atomic E-state index is 14.2. The van der Waals surface area contributed by atoms with E-state index < -0.39 is 11.8 Å². The average molecular weight is 373 g/mol. The Morgan fingerprint density at radius 3 is 2.86 bits per heavy atom. The summed E-state index contributed by atoms with van der Waals surface area (Å²) in [6.45, 7) is 3.94. The molecule has 0 aliphatic rings. The highest BCUT2D eigenvalue weighted by molar-refractivity contribution is 9.10. The minimum atomic E-state index is -1.17. The Morgan fingerprint density at radius 2 is 2.29 bits per heavy atom. The zero-order valence-corrected chi connectivity index (χ0v) is 13.9. The Kier molecular flexibility index (Phi) is 4.95. The first-order chi connectivity index (χ1) is 9.93. The van der Waals surface area contributed by atoms with Crippen LogP contribution in [0, 0.1) is 5.82 Å². The third kappa shape index (κ3) is 3.41. The zero-order valence-electron chi connectivity index (χ0n) is 11.5. The molecule has 21 heavy (non-hydrogen) atoms. The van der Waals surface area contributed by atoms with Crippen LogP contribution in [0.4, 0.5) is 10.1 Å². The molecule has 0 radical (unpaired) electrons. The molecule has 0 aliphatic carbocycles. The molecule has 1 unspecified atom stereocenters. The lowest BCUT2D eigenvalue weighted by molar-refractivity contribution is 0.0695. The molecule has 0 saturated heterocycles. The summed E-state index contributed by atoms with van der Waals surface area (Å²) in [4.78, 5) is 16.4. The lowest BCUT2D eigenvalue weighted by atomic mass is 10.2. The largest absolute Gasteiger partial charge is 0.478 e. The van der Waals surface area contributed by atoms with E-state index in [4.69, 9.17) is 5.11 Å². The van der Waals surface area contributed by atoms with Crippen LogP contribution >= 0.6 is 27.3 Å². The number of aromatic carboxylic acids is 1. The van der Waals surface area contributed by atoms with Crippen molar-refractivity contribution in [2.75, 3.05) is 5.32 Å². The molecule has 0 fully saturated rings. The molecule has 1 heterocycles. The molecule has 2 aromatic rings. The third-order valence-electron chi connectivity index (χ3n) is 2.98.